The van der Waals surface area contributed by atoms with Crippen molar-refractivity contribution in [3.05, 3.63) is 49.8 Å². The zero-order valence-corrected chi connectivity index (χ0v) is 14.3. The van der Waals surface area contributed by atoms with E-state index in [2.05, 4.69) is 0 Å². The van der Waals surface area contributed by atoms with Crippen molar-refractivity contribution in [2.24, 2.45) is 0 Å². The molecule has 0 aliphatic heterocycles. The van der Waals surface area contributed by atoms with Gasteiger partial charge in [-0.15, -0.1) is 0 Å². The molecule has 1 saturated carbocycles. The van der Waals surface area contributed by atoms with Crippen LogP contribution in [0.15, 0.2) is 17.4 Å². The number of aryl methyl sites for hydroxylation is 2. The molecule has 1 aliphatic rings. The molecule has 1 fully saturated rings. The largest absolute Gasteiger partial charge is 0.511 e. The van der Waals surface area contributed by atoms with Crippen LogP contribution in [0.25, 0.3) is 0 Å². The Kier molecular flexibility index (Phi) is 4.87. The molecular formula is C18H21NO5. The fourth-order valence-corrected chi connectivity index (χ4v) is 3.68. The summed E-state index contributed by atoms with van der Waals surface area (Å²) < 4.78 is 0. The number of aliphatic hydroxyl groups is 1. The summed E-state index contributed by atoms with van der Waals surface area (Å²) in [6, 6.07) is 1.73. The lowest BCUT2D eigenvalue weighted by Gasteiger charge is -2.26. The van der Waals surface area contributed by atoms with Crippen molar-refractivity contribution in [1.29, 1.82) is 0 Å². The molecule has 0 heterocycles. The van der Waals surface area contributed by atoms with E-state index in [9.17, 15) is 24.8 Å². The molecule has 0 radical (unpaired) electrons. The number of allylic oxidation sites excluding steroid dienone is 2. The number of hydrogen-bond donors (Lipinski definition) is 1. The highest BCUT2D eigenvalue weighted by molar-refractivity contribution is 6.22. The van der Waals surface area contributed by atoms with Crippen LogP contribution in [0.5, 0.6) is 0 Å². The molecule has 6 nitrogen and oxygen atoms in total. The van der Waals surface area contributed by atoms with Crippen molar-refractivity contribution in [1.82, 2.24) is 0 Å². The van der Waals surface area contributed by atoms with E-state index in [1.165, 1.54) is 0 Å². The first kappa shape index (κ1) is 17.8. The average molecular weight is 331 g/mol. The van der Waals surface area contributed by atoms with Crippen LogP contribution in [-0.2, 0) is 9.59 Å². The van der Waals surface area contributed by atoms with Gasteiger partial charge in [0.05, 0.1) is 10.5 Å². The van der Waals surface area contributed by atoms with Crippen LogP contribution in [0.1, 0.15) is 54.4 Å². The van der Waals surface area contributed by atoms with E-state index in [0.29, 0.717) is 16.7 Å². The highest BCUT2D eigenvalue weighted by atomic mass is 16.6. The Hall–Kier alpha value is -2.50. The van der Waals surface area contributed by atoms with Crippen LogP contribution >= 0.6 is 0 Å². The van der Waals surface area contributed by atoms with Crippen LogP contribution in [0.4, 0.5) is 5.69 Å². The molecular weight excluding hydrogens is 310 g/mol. The van der Waals surface area contributed by atoms with Gasteiger partial charge in [-0.05, 0) is 43.9 Å². The normalized spacial score (nSPS) is 18.0. The fourth-order valence-electron chi connectivity index (χ4n) is 3.68. The summed E-state index contributed by atoms with van der Waals surface area (Å²) in [6.45, 7) is 6.85. The van der Waals surface area contributed by atoms with Gasteiger partial charge in [0, 0.05) is 30.4 Å². The van der Waals surface area contributed by atoms with Gasteiger partial charge in [0.25, 0.3) is 5.69 Å². The minimum atomic E-state index is -0.422. The number of carbonyl (C=O) groups is 2. The maximum absolute atomic E-state index is 12.3. The summed E-state index contributed by atoms with van der Waals surface area (Å²) in [5.74, 6) is -1.35. The lowest BCUT2D eigenvalue weighted by molar-refractivity contribution is -0.386. The van der Waals surface area contributed by atoms with Gasteiger partial charge in [0.15, 0.2) is 11.6 Å². The van der Waals surface area contributed by atoms with Gasteiger partial charge in [-0.1, -0.05) is 6.92 Å². The third-order valence-electron chi connectivity index (χ3n) is 4.63. The summed E-state index contributed by atoms with van der Waals surface area (Å²) in [5, 5.41) is 21.1. The van der Waals surface area contributed by atoms with E-state index in [1.54, 1.807) is 26.8 Å². The van der Waals surface area contributed by atoms with Crippen LogP contribution in [0.3, 0.4) is 0 Å². The molecule has 6 heteroatoms. The third-order valence-corrected chi connectivity index (χ3v) is 4.63. The Morgan fingerprint density at radius 2 is 1.75 bits per heavy atom. The lowest BCUT2D eigenvalue weighted by atomic mass is 9.76. The molecule has 128 valence electrons. The predicted octanol–water partition coefficient (Wildman–Crippen LogP) is 3.76. The van der Waals surface area contributed by atoms with Gasteiger partial charge in [0.1, 0.15) is 5.76 Å². The minimum absolute atomic E-state index is 0.0354. The van der Waals surface area contributed by atoms with E-state index in [0.717, 1.165) is 5.56 Å². The van der Waals surface area contributed by atoms with Crippen molar-refractivity contribution in [3.63, 3.8) is 0 Å². The number of nitro benzene ring substituents is 1. The van der Waals surface area contributed by atoms with Crippen LogP contribution in [0.2, 0.25) is 0 Å². The van der Waals surface area contributed by atoms with Crippen molar-refractivity contribution >= 4 is 17.3 Å². The molecule has 1 N–H and O–H groups in total. The van der Waals surface area contributed by atoms with Gasteiger partial charge >= 0.3 is 0 Å². The Labute approximate surface area is 140 Å². The van der Waals surface area contributed by atoms with Crippen molar-refractivity contribution in [2.45, 2.75) is 52.9 Å². The first-order valence-electron chi connectivity index (χ1n) is 7.92. The maximum atomic E-state index is 12.3. The number of ketones is 2. The molecule has 0 unspecified atom stereocenters. The van der Waals surface area contributed by atoms with Crippen LogP contribution in [0, 0.1) is 30.9 Å². The number of nitro groups is 1. The molecule has 0 saturated heterocycles. The molecule has 0 spiro atoms. The van der Waals surface area contributed by atoms with Gasteiger partial charge in [-0.3, -0.25) is 19.7 Å². The Morgan fingerprint density at radius 3 is 2.21 bits per heavy atom. The van der Waals surface area contributed by atoms with Gasteiger partial charge in [0.2, 0.25) is 0 Å². The van der Waals surface area contributed by atoms with Crippen molar-refractivity contribution < 1.29 is 19.6 Å². The molecule has 1 aliphatic carbocycles. The Balaban J connectivity index is 2.52. The van der Waals surface area contributed by atoms with Gasteiger partial charge in [-0.2, -0.15) is 0 Å². The number of benzene rings is 1. The highest BCUT2D eigenvalue weighted by Crippen LogP contribution is 2.39. The zero-order valence-electron chi connectivity index (χ0n) is 14.3. The first-order valence-corrected chi connectivity index (χ1v) is 7.92. The van der Waals surface area contributed by atoms with Gasteiger partial charge in [-0.25, -0.2) is 0 Å². The number of rotatable bonds is 3. The highest BCUT2D eigenvalue weighted by Gasteiger charge is 2.36. The second-order valence-corrected chi connectivity index (χ2v) is 6.28. The molecule has 0 aromatic heterocycles. The maximum Gasteiger partial charge on any atom is 0.275 e. The van der Waals surface area contributed by atoms with E-state index in [-0.39, 0.29) is 36.3 Å². The third kappa shape index (κ3) is 2.96. The molecule has 1 aromatic rings. The van der Waals surface area contributed by atoms with Crippen molar-refractivity contribution in [2.75, 3.05) is 0 Å². The molecule has 0 amide bonds. The van der Waals surface area contributed by atoms with E-state index < -0.39 is 22.4 Å². The predicted molar refractivity (Wildman–Crippen MR) is 89.2 cm³/mol. The number of carbonyl (C=O) groups excluding carboxylic acids is 2. The average Bonchev–Trinajstić information content (AvgIpc) is 2.45. The molecule has 0 bridgehead atoms. The minimum Gasteiger partial charge on any atom is -0.511 e. The summed E-state index contributed by atoms with van der Waals surface area (Å²) in [7, 11) is 0. The smallest absolute Gasteiger partial charge is 0.275 e. The van der Waals surface area contributed by atoms with Crippen molar-refractivity contribution in [3.8, 4) is 0 Å². The molecule has 2 rings (SSSR count). The fraction of sp³-hybridized carbons (Fsp3) is 0.444. The Bertz CT molecular complexity index is 756. The van der Waals surface area contributed by atoms with E-state index >= 15 is 0 Å². The number of nitrogens with zero attached hydrogens (tertiary/aromatic N) is 1. The summed E-state index contributed by atoms with van der Waals surface area (Å²) >= 11 is 0. The monoisotopic (exact) mass is 331 g/mol. The standard InChI is InChI=1S/C18H21NO5/c1-5-13(20)17-14(21)7-12(8-15(17)22)16-9(2)6-10(3)18(11(16)4)19(23)24/h6,12,20H,5,7-8H2,1-4H3. The first-order chi connectivity index (χ1) is 11.2. The number of Topliss-reactive ketones (excluding diaryl/α,β-unsaturated/α-hetero) is 2. The number of aliphatic hydroxyl groups excluding tert-OH is 1. The molecule has 0 atom stereocenters. The summed E-state index contributed by atoms with van der Waals surface area (Å²) in [5.41, 5.74) is 2.54. The zero-order chi connectivity index (χ0) is 18.2. The Morgan fingerprint density at radius 1 is 1.21 bits per heavy atom. The van der Waals surface area contributed by atoms with Crippen LogP contribution in [-0.4, -0.2) is 21.6 Å². The van der Waals surface area contributed by atoms with E-state index in [1.807, 2.05) is 6.92 Å². The lowest BCUT2D eigenvalue weighted by Crippen LogP contribution is -2.27. The van der Waals surface area contributed by atoms with E-state index in [4.69, 9.17) is 0 Å². The quantitative estimate of drug-likeness (QED) is 0.299. The molecule has 1 aromatic carbocycles. The number of hydrogen-bond acceptors (Lipinski definition) is 5. The second kappa shape index (κ2) is 6.55. The summed E-state index contributed by atoms with van der Waals surface area (Å²) in [6.07, 6.45) is 0.381. The van der Waals surface area contributed by atoms with Gasteiger partial charge < -0.3 is 5.11 Å². The molecule has 24 heavy (non-hydrogen) atoms. The SMILES string of the molecule is CCC(O)=C1C(=O)CC(c2c(C)cc(C)c([N+](=O)[O-])c2C)CC1=O. The van der Waals surface area contributed by atoms with Crippen LogP contribution < -0.4 is 0 Å². The second-order valence-electron chi connectivity index (χ2n) is 6.28. The topological polar surface area (TPSA) is 97.5 Å². The summed E-state index contributed by atoms with van der Waals surface area (Å²) in [4.78, 5) is 35.6.